The molecule has 0 fully saturated rings. The summed E-state index contributed by atoms with van der Waals surface area (Å²) < 4.78 is 10.0. The quantitative estimate of drug-likeness (QED) is 0.190. The second-order valence-corrected chi connectivity index (χ2v) is 11.4. The smallest absolute Gasteiger partial charge is 0.282 e. The molecule has 5 rings (SSSR count). The summed E-state index contributed by atoms with van der Waals surface area (Å²) in [7, 11) is 0. The van der Waals surface area contributed by atoms with E-state index in [2.05, 4.69) is 30.9 Å². The van der Waals surface area contributed by atoms with Crippen LogP contribution in [0, 0.1) is 20.8 Å². The highest BCUT2D eigenvalue weighted by Crippen LogP contribution is 2.23. The Hall–Kier alpha value is -4.50. The van der Waals surface area contributed by atoms with Gasteiger partial charge in [-0.1, -0.05) is 48.0 Å². The Morgan fingerprint density at radius 1 is 1.05 bits per heavy atom. The van der Waals surface area contributed by atoms with Gasteiger partial charge in [0.25, 0.3) is 11.5 Å². The van der Waals surface area contributed by atoms with Crippen LogP contribution in [0.25, 0.3) is 16.6 Å². The topological polar surface area (TPSA) is 90.5 Å². The van der Waals surface area contributed by atoms with Crippen molar-refractivity contribution in [3.8, 4) is 11.4 Å². The lowest BCUT2D eigenvalue weighted by Gasteiger charge is -2.12. The van der Waals surface area contributed by atoms with Crippen molar-refractivity contribution < 1.29 is 9.53 Å². The summed E-state index contributed by atoms with van der Waals surface area (Å²) in [5.41, 5.74) is 6.01. The van der Waals surface area contributed by atoms with Gasteiger partial charge in [-0.3, -0.25) is 9.59 Å². The Morgan fingerprint density at radius 2 is 1.79 bits per heavy atom. The van der Waals surface area contributed by atoms with Crippen LogP contribution in [0.1, 0.15) is 48.1 Å². The normalized spacial score (nSPS) is 11.5. The van der Waals surface area contributed by atoms with Crippen molar-refractivity contribution >= 4 is 44.6 Å². The lowest BCUT2D eigenvalue weighted by Crippen LogP contribution is -2.23. The third kappa shape index (κ3) is 6.06. The van der Waals surface area contributed by atoms with Gasteiger partial charge in [-0.15, -0.1) is 0 Å². The van der Waals surface area contributed by atoms with E-state index in [9.17, 15) is 9.59 Å². The SMILES string of the molecule is Cc1ccccc1NC(=O)COc1ccc(-n2c(C)cc(C=Nn3c(C(C)C)nc4ccc(Br)cc4c3=O)c2C)cc1. The fraction of sp³-hybridized carbons (Fsp3) is 0.212. The highest BCUT2D eigenvalue weighted by molar-refractivity contribution is 9.10. The van der Waals surface area contributed by atoms with Gasteiger partial charge >= 0.3 is 0 Å². The summed E-state index contributed by atoms with van der Waals surface area (Å²) in [4.78, 5) is 30.5. The standard InChI is InChI=1S/C33H32BrN5O3/c1-20(2)32-37-30-15-10-25(34)17-28(30)33(41)39(32)35-18-24-16-22(4)38(23(24)5)26-11-13-27(14-12-26)42-19-31(40)36-29-9-7-6-8-21(29)3/h6-18,20H,19H2,1-5H3,(H,36,40). The minimum atomic E-state index is -0.219. The summed E-state index contributed by atoms with van der Waals surface area (Å²) in [6, 6.07) is 22.7. The maximum absolute atomic E-state index is 13.4. The minimum absolute atomic E-state index is 0.00425. The molecule has 0 saturated heterocycles. The Labute approximate surface area is 252 Å². The van der Waals surface area contributed by atoms with E-state index in [1.54, 1.807) is 12.3 Å². The average molecular weight is 627 g/mol. The Balaban J connectivity index is 1.35. The Kier molecular flexibility index (Phi) is 8.40. The van der Waals surface area contributed by atoms with Crippen LogP contribution in [0.3, 0.4) is 0 Å². The molecule has 0 bridgehead atoms. The number of nitrogens with one attached hydrogen (secondary N) is 1. The number of aromatic nitrogens is 3. The van der Waals surface area contributed by atoms with Gasteiger partial charge in [0, 0.05) is 38.7 Å². The van der Waals surface area contributed by atoms with Gasteiger partial charge in [0.05, 0.1) is 17.1 Å². The average Bonchev–Trinajstić information content (AvgIpc) is 3.25. The predicted octanol–water partition coefficient (Wildman–Crippen LogP) is 6.90. The maximum Gasteiger partial charge on any atom is 0.282 e. The molecule has 0 aliphatic heterocycles. The van der Waals surface area contributed by atoms with E-state index < -0.39 is 0 Å². The number of para-hydroxylation sites is 1. The number of rotatable bonds is 8. The van der Waals surface area contributed by atoms with Crippen molar-refractivity contribution in [2.24, 2.45) is 5.10 Å². The van der Waals surface area contributed by atoms with Crippen molar-refractivity contribution in [1.82, 2.24) is 14.2 Å². The molecule has 0 unspecified atom stereocenters. The monoisotopic (exact) mass is 625 g/mol. The first-order valence-corrected chi connectivity index (χ1v) is 14.5. The molecule has 0 aliphatic carbocycles. The summed E-state index contributed by atoms with van der Waals surface area (Å²) >= 11 is 3.45. The zero-order valence-electron chi connectivity index (χ0n) is 24.2. The van der Waals surface area contributed by atoms with E-state index in [4.69, 9.17) is 9.72 Å². The number of aryl methyl sites for hydroxylation is 2. The molecular formula is C33H32BrN5O3. The summed E-state index contributed by atoms with van der Waals surface area (Å²) in [5.74, 6) is 0.981. The summed E-state index contributed by atoms with van der Waals surface area (Å²) in [6.45, 7) is 9.87. The first-order valence-electron chi connectivity index (χ1n) is 13.7. The molecule has 8 nitrogen and oxygen atoms in total. The van der Waals surface area contributed by atoms with Crippen LogP contribution in [-0.4, -0.2) is 33.0 Å². The third-order valence-electron chi connectivity index (χ3n) is 7.02. The van der Waals surface area contributed by atoms with Gasteiger partial charge in [-0.2, -0.15) is 9.78 Å². The number of hydrogen-bond acceptors (Lipinski definition) is 5. The number of ether oxygens (including phenoxy) is 1. The van der Waals surface area contributed by atoms with Crippen LogP contribution in [0.4, 0.5) is 5.69 Å². The van der Waals surface area contributed by atoms with E-state index >= 15 is 0 Å². The number of nitrogens with zero attached hydrogens (tertiary/aromatic N) is 4. The van der Waals surface area contributed by atoms with Crippen molar-refractivity contribution in [3.05, 3.63) is 116 Å². The number of carbonyl (C=O) groups is 1. The van der Waals surface area contributed by atoms with E-state index in [1.165, 1.54) is 4.68 Å². The van der Waals surface area contributed by atoms with E-state index in [0.717, 1.165) is 38.4 Å². The summed E-state index contributed by atoms with van der Waals surface area (Å²) in [5, 5.41) is 7.99. The molecule has 0 spiro atoms. The molecule has 2 heterocycles. The Bertz CT molecular complexity index is 1870. The number of halogens is 1. The number of amides is 1. The predicted molar refractivity (Wildman–Crippen MR) is 171 cm³/mol. The number of carbonyl (C=O) groups excluding carboxylic acids is 1. The Morgan fingerprint density at radius 3 is 2.50 bits per heavy atom. The number of fused-ring (bicyclic) bond motifs is 1. The molecular weight excluding hydrogens is 594 g/mol. The lowest BCUT2D eigenvalue weighted by atomic mass is 10.2. The zero-order valence-corrected chi connectivity index (χ0v) is 25.8. The molecule has 1 N–H and O–H groups in total. The highest BCUT2D eigenvalue weighted by Gasteiger charge is 2.15. The van der Waals surface area contributed by atoms with Crippen LogP contribution in [-0.2, 0) is 4.79 Å². The molecule has 9 heteroatoms. The molecule has 5 aromatic rings. The van der Waals surface area contributed by atoms with Crippen molar-refractivity contribution in [2.75, 3.05) is 11.9 Å². The lowest BCUT2D eigenvalue weighted by molar-refractivity contribution is -0.118. The molecule has 1 amide bonds. The van der Waals surface area contributed by atoms with Gasteiger partial charge in [-0.05, 0) is 80.9 Å². The van der Waals surface area contributed by atoms with Gasteiger partial charge in [-0.25, -0.2) is 4.98 Å². The first-order chi connectivity index (χ1) is 20.1. The van der Waals surface area contributed by atoms with Crippen LogP contribution in [0.5, 0.6) is 5.75 Å². The van der Waals surface area contributed by atoms with Gasteiger partial charge in [0.1, 0.15) is 11.6 Å². The van der Waals surface area contributed by atoms with Crippen molar-refractivity contribution in [2.45, 2.75) is 40.5 Å². The molecule has 0 saturated carbocycles. The second kappa shape index (κ2) is 12.2. The van der Waals surface area contributed by atoms with Crippen molar-refractivity contribution in [1.29, 1.82) is 0 Å². The molecule has 3 aromatic carbocycles. The fourth-order valence-electron chi connectivity index (χ4n) is 4.83. The molecule has 0 aliphatic rings. The number of anilines is 1. The molecule has 214 valence electrons. The van der Waals surface area contributed by atoms with E-state index in [-0.39, 0.29) is 24.0 Å². The van der Waals surface area contributed by atoms with E-state index in [1.807, 2.05) is 101 Å². The zero-order chi connectivity index (χ0) is 30.0. The highest BCUT2D eigenvalue weighted by atomic mass is 79.9. The molecule has 2 aromatic heterocycles. The first kappa shape index (κ1) is 29.0. The molecule has 42 heavy (non-hydrogen) atoms. The van der Waals surface area contributed by atoms with Gasteiger partial charge in [0.15, 0.2) is 6.61 Å². The van der Waals surface area contributed by atoms with Crippen molar-refractivity contribution in [3.63, 3.8) is 0 Å². The summed E-state index contributed by atoms with van der Waals surface area (Å²) in [6.07, 6.45) is 1.71. The molecule has 0 atom stereocenters. The largest absolute Gasteiger partial charge is 0.484 e. The van der Waals surface area contributed by atoms with Gasteiger partial charge < -0.3 is 14.6 Å². The van der Waals surface area contributed by atoms with E-state index in [0.29, 0.717) is 22.5 Å². The number of benzene rings is 3. The van der Waals surface area contributed by atoms with Crippen LogP contribution < -0.4 is 15.6 Å². The molecule has 0 radical (unpaired) electrons. The van der Waals surface area contributed by atoms with Crippen LogP contribution in [0.15, 0.2) is 87.2 Å². The fourth-order valence-corrected chi connectivity index (χ4v) is 5.19. The second-order valence-electron chi connectivity index (χ2n) is 10.5. The van der Waals surface area contributed by atoms with Gasteiger partial charge in [0.2, 0.25) is 0 Å². The van der Waals surface area contributed by atoms with Crippen LogP contribution in [0.2, 0.25) is 0 Å². The van der Waals surface area contributed by atoms with Crippen LogP contribution >= 0.6 is 15.9 Å². The number of hydrogen-bond donors (Lipinski definition) is 1. The minimum Gasteiger partial charge on any atom is -0.484 e. The maximum atomic E-state index is 13.4. The third-order valence-corrected chi connectivity index (χ3v) is 7.51.